The van der Waals surface area contributed by atoms with E-state index in [4.69, 9.17) is 9.47 Å². The Morgan fingerprint density at radius 2 is 2.11 bits per heavy atom. The highest BCUT2D eigenvalue weighted by Gasteiger charge is 2.28. The van der Waals surface area contributed by atoms with Gasteiger partial charge in [-0.25, -0.2) is 4.98 Å². The first-order chi connectivity index (χ1) is 13.7. The zero-order valence-corrected chi connectivity index (χ0v) is 16.3. The van der Waals surface area contributed by atoms with Crippen LogP contribution in [-0.2, 0) is 6.54 Å². The van der Waals surface area contributed by atoms with Gasteiger partial charge in [0.25, 0.3) is 0 Å². The summed E-state index contributed by atoms with van der Waals surface area (Å²) in [4.78, 5) is 8.70. The van der Waals surface area contributed by atoms with E-state index < -0.39 is 0 Å². The van der Waals surface area contributed by atoms with Crippen molar-refractivity contribution in [3.8, 4) is 17.7 Å². The first kappa shape index (κ1) is 19.9. The lowest BCUT2D eigenvalue weighted by atomic mass is 10.1. The lowest BCUT2D eigenvalue weighted by Crippen LogP contribution is -2.53. The fourth-order valence-corrected chi connectivity index (χ4v) is 3.70. The second kappa shape index (κ2) is 9.40. The quantitative estimate of drug-likeness (QED) is 0.785. The van der Waals surface area contributed by atoms with Crippen LogP contribution in [0.2, 0.25) is 0 Å². The van der Waals surface area contributed by atoms with Gasteiger partial charge in [0, 0.05) is 45.0 Å². The number of hydrogen-bond acceptors (Lipinski definition) is 7. The van der Waals surface area contributed by atoms with E-state index >= 15 is 0 Å². The Bertz CT molecular complexity index is 837. The van der Waals surface area contributed by atoms with Crippen LogP contribution in [0.5, 0.6) is 11.6 Å². The van der Waals surface area contributed by atoms with Crippen molar-refractivity contribution in [1.82, 2.24) is 9.88 Å². The van der Waals surface area contributed by atoms with E-state index in [0.29, 0.717) is 17.9 Å². The molecule has 0 radical (unpaired) electrons. The summed E-state index contributed by atoms with van der Waals surface area (Å²) in [7, 11) is 3.19. The number of anilines is 1. The minimum Gasteiger partial charge on any atom is -0.497 e. The van der Waals surface area contributed by atoms with Crippen molar-refractivity contribution >= 4 is 5.69 Å². The first-order valence-electron chi connectivity index (χ1n) is 9.36. The van der Waals surface area contributed by atoms with Crippen LogP contribution >= 0.6 is 0 Å². The van der Waals surface area contributed by atoms with Crippen LogP contribution in [0.25, 0.3) is 0 Å². The SMILES string of the molecule is COc1cccc(CN2CCN(c3ccnc(OC)c3C#N)C[C@H]2CCO)c1. The second-order valence-corrected chi connectivity index (χ2v) is 6.76. The van der Waals surface area contributed by atoms with Crippen molar-refractivity contribution in [1.29, 1.82) is 5.26 Å². The predicted octanol–water partition coefficient (Wildman–Crippen LogP) is 2.04. The fourth-order valence-electron chi connectivity index (χ4n) is 3.70. The van der Waals surface area contributed by atoms with Crippen molar-refractivity contribution in [2.75, 3.05) is 45.4 Å². The van der Waals surface area contributed by atoms with Crippen LogP contribution in [0, 0.1) is 11.3 Å². The van der Waals surface area contributed by atoms with Gasteiger partial charge < -0.3 is 19.5 Å². The highest BCUT2D eigenvalue weighted by atomic mass is 16.5. The van der Waals surface area contributed by atoms with Crippen LogP contribution < -0.4 is 14.4 Å². The molecule has 1 aromatic heterocycles. The van der Waals surface area contributed by atoms with Crippen LogP contribution in [-0.4, -0.2) is 61.5 Å². The molecule has 1 atom stereocenters. The van der Waals surface area contributed by atoms with Crippen molar-refractivity contribution in [2.45, 2.75) is 19.0 Å². The Morgan fingerprint density at radius 3 is 2.82 bits per heavy atom. The Balaban J connectivity index is 1.78. The summed E-state index contributed by atoms with van der Waals surface area (Å²) in [6.45, 7) is 3.26. The molecule has 0 aliphatic carbocycles. The van der Waals surface area contributed by atoms with E-state index in [9.17, 15) is 10.4 Å². The van der Waals surface area contributed by atoms with Gasteiger partial charge in [0.1, 0.15) is 17.4 Å². The number of benzene rings is 1. The van der Waals surface area contributed by atoms with Crippen LogP contribution in [0.15, 0.2) is 36.5 Å². The smallest absolute Gasteiger partial charge is 0.233 e. The molecule has 3 rings (SSSR count). The van der Waals surface area contributed by atoms with Gasteiger partial charge in [-0.1, -0.05) is 12.1 Å². The molecule has 2 heterocycles. The molecule has 0 saturated carbocycles. The maximum absolute atomic E-state index is 9.58. The molecule has 28 heavy (non-hydrogen) atoms. The van der Waals surface area contributed by atoms with Gasteiger partial charge in [-0.2, -0.15) is 5.26 Å². The van der Waals surface area contributed by atoms with Crippen molar-refractivity contribution < 1.29 is 14.6 Å². The lowest BCUT2D eigenvalue weighted by Gasteiger charge is -2.42. The third-order valence-electron chi connectivity index (χ3n) is 5.13. The van der Waals surface area contributed by atoms with Crippen molar-refractivity contribution in [3.63, 3.8) is 0 Å². The number of hydrogen-bond donors (Lipinski definition) is 1. The first-order valence-corrected chi connectivity index (χ1v) is 9.36. The Kier molecular flexibility index (Phi) is 6.69. The zero-order valence-electron chi connectivity index (χ0n) is 16.3. The zero-order chi connectivity index (χ0) is 19.9. The second-order valence-electron chi connectivity index (χ2n) is 6.76. The standard InChI is InChI=1S/C21H26N4O3/c1-27-18-5-3-4-16(12-18)14-24-9-10-25(15-17(24)7-11-26)20-6-8-23-21(28-2)19(20)13-22/h3-6,8,12,17,26H,7,9-11,14-15H2,1-2H3/t17-/m1/s1. The number of nitriles is 1. The number of ether oxygens (including phenoxy) is 2. The summed E-state index contributed by atoms with van der Waals surface area (Å²) < 4.78 is 10.6. The summed E-state index contributed by atoms with van der Waals surface area (Å²) in [5.41, 5.74) is 2.46. The Labute approximate surface area is 165 Å². The molecule has 1 N–H and O–H groups in total. The van der Waals surface area contributed by atoms with Gasteiger partial charge >= 0.3 is 0 Å². The molecule has 2 aromatic rings. The number of aliphatic hydroxyl groups excluding tert-OH is 1. The number of methoxy groups -OCH3 is 2. The molecule has 1 fully saturated rings. The molecule has 0 unspecified atom stereocenters. The van der Waals surface area contributed by atoms with E-state index in [2.05, 4.69) is 26.9 Å². The fraction of sp³-hybridized carbons (Fsp3) is 0.429. The molecule has 7 nitrogen and oxygen atoms in total. The van der Waals surface area contributed by atoms with E-state index in [0.717, 1.165) is 37.6 Å². The van der Waals surface area contributed by atoms with E-state index in [-0.39, 0.29) is 12.6 Å². The highest BCUT2D eigenvalue weighted by Crippen LogP contribution is 2.29. The van der Waals surface area contributed by atoms with Crippen molar-refractivity contribution in [3.05, 3.63) is 47.7 Å². The predicted molar refractivity (Wildman–Crippen MR) is 107 cm³/mol. The number of piperazine rings is 1. The topological polar surface area (TPSA) is 81.8 Å². The molecule has 7 heteroatoms. The monoisotopic (exact) mass is 382 g/mol. The molecular weight excluding hydrogens is 356 g/mol. The maximum atomic E-state index is 9.58. The average Bonchev–Trinajstić information content (AvgIpc) is 2.74. The molecule has 1 aliphatic heterocycles. The summed E-state index contributed by atoms with van der Waals surface area (Å²) in [6.07, 6.45) is 2.34. The van der Waals surface area contributed by atoms with Crippen LogP contribution in [0.4, 0.5) is 5.69 Å². The van der Waals surface area contributed by atoms with Crippen molar-refractivity contribution in [2.24, 2.45) is 0 Å². The summed E-state index contributed by atoms with van der Waals surface area (Å²) in [6, 6.07) is 12.3. The number of aromatic nitrogens is 1. The minimum atomic E-state index is 0.123. The summed E-state index contributed by atoms with van der Waals surface area (Å²) in [5, 5.41) is 19.1. The van der Waals surface area contributed by atoms with E-state index in [1.54, 1.807) is 13.3 Å². The molecule has 0 amide bonds. The number of aliphatic hydroxyl groups is 1. The number of pyridine rings is 1. The van der Waals surface area contributed by atoms with Gasteiger partial charge in [0.15, 0.2) is 0 Å². The molecule has 148 valence electrons. The van der Waals surface area contributed by atoms with Crippen LogP contribution in [0.3, 0.4) is 0 Å². The van der Waals surface area contributed by atoms with Crippen LogP contribution in [0.1, 0.15) is 17.5 Å². The van der Waals surface area contributed by atoms with Gasteiger partial charge in [0.2, 0.25) is 5.88 Å². The molecule has 0 spiro atoms. The summed E-state index contributed by atoms with van der Waals surface area (Å²) >= 11 is 0. The lowest BCUT2D eigenvalue weighted by molar-refractivity contribution is 0.135. The average molecular weight is 382 g/mol. The normalized spacial score (nSPS) is 17.2. The van der Waals surface area contributed by atoms with Gasteiger partial charge in [-0.3, -0.25) is 4.90 Å². The third-order valence-corrected chi connectivity index (χ3v) is 5.13. The minimum absolute atomic E-state index is 0.123. The largest absolute Gasteiger partial charge is 0.497 e. The maximum Gasteiger partial charge on any atom is 0.233 e. The van der Waals surface area contributed by atoms with Gasteiger partial charge in [-0.15, -0.1) is 0 Å². The summed E-state index contributed by atoms with van der Waals surface area (Å²) in [5.74, 6) is 1.19. The van der Waals surface area contributed by atoms with E-state index in [1.807, 2.05) is 24.3 Å². The molecular formula is C21H26N4O3. The molecule has 0 bridgehead atoms. The van der Waals surface area contributed by atoms with Gasteiger partial charge in [-0.05, 0) is 30.2 Å². The molecule has 1 aromatic carbocycles. The Hall–Kier alpha value is -2.82. The Morgan fingerprint density at radius 1 is 1.25 bits per heavy atom. The highest BCUT2D eigenvalue weighted by molar-refractivity contribution is 5.63. The molecule has 1 aliphatic rings. The molecule has 1 saturated heterocycles. The third kappa shape index (κ3) is 4.35. The van der Waals surface area contributed by atoms with Gasteiger partial charge in [0.05, 0.1) is 19.9 Å². The number of rotatable bonds is 7. The van der Waals surface area contributed by atoms with E-state index in [1.165, 1.54) is 12.7 Å². The number of nitrogens with zero attached hydrogens (tertiary/aromatic N) is 4.